The van der Waals surface area contributed by atoms with E-state index < -0.39 is 47.1 Å². The summed E-state index contributed by atoms with van der Waals surface area (Å²) in [4.78, 5) is 0.0316. The number of hydrogen-bond acceptors (Lipinski definition) is 8. The predicted molar refractivity (Wildman–Crippen MR) is 105 cm³/mol. The van der Waals surface area contributed by atoms with E-state index in [0.717, 1.165) is 11.1 Å². The van der Waals surface area contributed by atoms with Gasteiger partial charge in [-0.15, -0.1) is 0 Å². The summed E-state index contributed by atoms with van der Waals surface area (Å²) in [5.74, 6) is 0. The summed E-state index contributed by atoms with van der Waals surface area (Å²) in [5, 5.41) is 10.8. The standard InChI is InChI=1S/C21H24O8S/c1-13-8-10-15(11-9-13)30(23,24)26-12-16-17(22)18-19(21(25-2)27-16)29-20(28-18)14-6-4-3-5-7-14/h3-11,16-22H,12H2,1-2H3/t16-,17-,18+,19+,20+,21+/m1/s1. The predicted octanol–water partition coefficient (Wildman–Crippen LogP) is 1.92. The van der Waals surface area contributed by atoms with Crippen molar-refractivity contribution in [1.82, 2.24) is 0 Å². The van der Waals surface area contributed by atoms with Crippen molar-refractivity contribution < 1.29 is 36.7 Å². The Balaban J connectivity index is 1.46. The molecular weight excluding hydrogens is 412 g/mol. The second kappa shape index (κ2) is 8.72. The van der Waals surface area contributed by atoms with Gasteiger partial charge in [0, 0.05) is 12.7 Å². The van der Waals surface area contributed by atoms with Crippen LogP contribution in [0.2, 0.25) is 0 Å². The number of fused-ring (bicyclic) bond motifs is 1. The molecule has 2 aliphatic heterocycles. The average molecular weight is 436 g/mol. The smallest absolute Gasteiger partial charge is 0.297 e. The second-order valence-corrected chi connectivity index (χ2v) is 8.88. The summed E-state index contributed by atoms with van der Waals surface area (Å²) in [6, 6.07) is 15.6. The molecule has 6 atom stereocenters. The molecule has 0 saturated carbocycles. The second-order valence-electron chi connectivity index (χ2n) is 7.26. The van der Waals surface area contributed by atoms with E-state index >= 15 is 0 Å². The summed E-state index contributed by atoms with van der Waals surface area (Å²) < 4.78 is 53.0. The van der Waals surface area contributed by atoms with Crippen molar-refractivity contribution in [1.29, 1.82) is 0 Å². The average Bonchev–Trinajstić information content (AvgIpc) is 3.20. The molecule has 0 aliphatic carbocycles. The molecule has 1 N–H and O–H groups in total. The molecule has 9 heteroatoms. The molecule has 0 radical (unpaired) electrons. The Morgan fingerprint density at radius 1 is 0.967 bits per heavy atom. The van der Waals surface area contributed by atoms with Crippen LogP contribution in [-0.4, -0.2) is 57.9 Å². The van der Waals surface area contributed by atoms with Crippen molar-refractivity contribution in [2.24, 2.45) is 0 Å². The first-order valence-electron chi connectivity index (χ1n) is 9.57. The highest BCUT2D eigenvalue weighted by Crippen LogP contribution is 2.39. The summed E-state index contributed by atoms with van der Waals surface area (Å²) in [7, 11) is -2.56. The first-order valence-corrected chi connectivity index (χ1v) is 11.0. The van der Waals surface area contributed by atoms with E-state index in [2.05, 4.69) is 0 Å². The monoisotopic (exact) mass is 436 g/mol. The SMILES string of the molecule is CO[C@H]1O[C@H](COS(=O)(=O)c2ccc(C)cc2)[C@@H](O)[C@@H]2O[C@H](c3ccccc3)O[C@H]12. The Bertz CT molecular complexity index is 947. The molecule has 162 valence electrons. The van der Waals surface area contributed by atoms with Crippen molar-refractivity contribution in [2.75, 3.05) is 13.7 Å². The highest BCUT2D eigenvalue weighted by atomic mass is 32.2. The van der Waals surface area contributed by atoms with Gasteiger partial charge in [0.15, 0.2) is 12.6 Å². The molecule has 2 aromatic carbocycles. The van der Waals surface area contributed by atoms with E-state index in [1.54, 1.807) is 12.1 Å². The maximum Gasteiger partial charge on any atom is 0.297 e. The Morgan fingerprint density at radius 2 is 1.63 bits per heavy atom. The zero-order valence-corrected chi connectivity index (χ0v) is 17.4. The van der Waals surface area contributed by atoms with Gasteiger partial charge < -0.3 is 24.1 Å². The van der Waals surface area contributed by atoms with Crippen molar-refractivity contribution in [3.8, 4) is 0 Å². The molecule has 2 fully saturated rings. The number of benzene rings is 2. The number of ether oxygens (including phenoxy) is 4. The van der Waals surface area contributed by atoms with Gasteiger partial charge in [-0.3, -0.25) is 4.18 Å². The third kappa shape index (κ3) is 4.28. The van der Waals surface area contributed by atoms with E-state index in [0.29, 0.717) is 0 Å². The maximum atomic E-state index is 12.5. The van der Waals surface area contributed by atoms with E-state index in [1.165, 1.54) is 19.2 Å². The molecular formula is C21H24O8S. The van der Waals surface area contributed by atoms with Gasteiger partial charge in [0.25, 0.3) is 10.1 Å². The van der Waals surface area contributed by atoms with Gasteiger partial charge >= 0.3 is 0 Å². The van der Waals surface area contributed by atoms with Gasteiger partial charge in [0.05, 0.1) is 11.5 Å². The normalized spacial score (nSPS) is 31.4. The number of methoxy groups -OCH3 is 1. The lowest BCUT2D eigenvalue weighted by atomic mass is 9.99. The molecule has 8 nitrogen and oxygen atoms in total. The number of aliphatic hydroxyl groups excluding tert-OH is 1. The van der Waals surface area contributed by atoms with Crippen LogP contribution in [0.3, 0.4) is 0 Å². The number of aliphatic hydroxyl groups is 1. The van der Waals surface area contributed by atoms with Crippen LogP contribution in [0.4, 0.5) is 0 Å². The van der Waals surface area contributed by atoms with Gasteiger partial charge in [-0.05, 0) is 19.1 Å². The Hall–Kier alpha value is -1.85. The van der Waals surface area contributed by atoms with Crippen LogP contribution in [0.15, 0.2) is 59.5 Å². The largest absolute Gasteiger partial charge is 0.387 e. The van der Waals surface area contributed by atoms with Gasteiger partial charge in [-0.25, -0.2) is 0 Å². The first-order chi connectivity index (χ1) is 14.4. The van der Waals surface area contributed by atoms with Crippen molar-refractivity contribution >= 4 is 10.1 Å². The van der Waals surface area contributed by atoms with E-state index in [-0.39, 0.29) is 11.5 Å². The molecule has 2 saturated heterocycles. The molecule has 2 aliphatic rings. The molecule has 30 heavy (non-hydrogen) atoms. The third-order valence-electron chi connectivity index (χ3n) is 5.18. The zero-order valence-electron chi connectivity index (χ0n) is 16.6. The fourth-order valence-corrected chi connectivity index (χ4v) is 4.45. The van der Waals surface area contributed by atoms with Crippen LogP contribution in [0.1, 0.15) is 17.4 Å². The number of rotatable bonds is 6. The molecule has 0 amide bonds. The van der Waals surface area contributed by atoms with E-state index in [1.807, 2.05) is 37.3 Å². The van der Waals surface area contributed by atoms with Crippen molar-refractivity contribution in [3.05, 3.63) is 65.7 Å². The van der Waals surface area contributed by atoms with Crippen LogP contribution in [0.25, 0.3) is 0 Å². The minimum Gasteiger partial charge on any atom is -0.387 e. The maximum absolute atomic E-state index is 12.5. The first kappa shape index (κ1) is 21.4. The molecule has 4 rings (SSSR count). The summed E-state index contributed by atoms with van der Waals surface area (Å²) >= 11 is 0. The summed E-state index contributed by atoms with van der Waals surface area (Å²) in [6.07, 6.45) is -5.10. The highest BCUT2D eigenvalue weighted by molar-refractivity contribution is 7.86. The third-order valence-corrected chi connectivity index (χ3v) is 6.48. The van der Waals surface area contributed by atoms with Gasteiger partial charge in [-0.1, -0.05) is 48.0 Å². The molecule has 0 bridgehead atoms. The Morgan fingerprint density at radius 3 is 2.30 bits per heavy atom. The Kier molecular flexibility index (Phi) is 6.21. The van der Waals surface area contributed by atoms with Crippen LogP contribution in [0.5, 0.6) is 0 Å². The molecule has 0 aromatic heterocycles. The minimum atomic E-state index is -4.00. The summed E-state index contributed by atoms with van der Waals surface area (Å²) in [5.41, 5.74) is 1.73. The lowest BCUT2D eigenvalue weighted by molar-refractivity contribution is -0.269. The number of hydrogen-bond donors (Lipinski definition) is 1. The molecule has 0 unspecified atom stereocenters. The quantitative estimate of drug-likeness (QED) is 0.686. The van der Waals surface area contributed by atoms with Crippen LogP contribution >= 0.6 is 0 Å². The lowest BCUT2D eigenvalue weighted by Crippen LogP contribution is -2.58. The van der Waals surface area contributed by atoms with E-state index in [4.69, 9.17) is 23.1 Å². The van der Waals surface area contributed by atoms with Gasteiger partial charge in [0.2, 0.25) is 0 Å². The Labute approximate surface area is 175 Å². The fraction of sp³-hybridized carbons (Fsp3) is 0.429. The van der Waals surface area contributed by atoms with Crippen LogP contribution in [0, 0.1) is 6.92 Å². The molecule has 2 heterocycles. The van der Waals surface area contributed by atoms with Crippen molar-refractivity contribution in [2.45, 2.75) is 48.8 Å². The van der Waals surface area contributed by atoms with Crippen LogP contribution < -0.4 is 0 Å². The molecule has 0 spiro atoms. The van der Waals surface area contributed by atoms with E-state index in [9.17, 15) is 13.5 Å². The van der Waals surface area contributed by atoms with Crippen molar-refractivity contribution in [3.63, 3.8) is 0 Å². The van der Waals surface area contributed by atoms with Gasteiger partial charge in [0.1, 0.15) is 24.4 Å². The lowest BCUT2D eigenvalue weighted by Gasteiger charge is -2.38. The highest BCUT2D eigenvalue weighted by Gasteiger charge is 2.53. The zero-order chi connectivity index (χ0) is 21.3. The number of aryl methyl sites for hydroxylation is 1. The van der Waals surface area contributed by atoms with Gasteiger partial charge in [-0.2, -0.15) is 8.42 Å². The topological polar surface area (TPSA) is 101 Å². The minimum absolute atomic E-state index is 0.0316. The summed E-state index contributed by atoms with van der Waals surface area (Å²) in [6.45, 7) is 1.47. The fourth-order valence-electron chi connectivity index (χ4n) is 3.53. The van der Waals surface area contributed by atoms with Crippen LogP contribution in [-0.2, 0) is 33.2 Å². The molecule has 2 aromatic rings.